The van der Waals surface area contributed by atoms with Gasteiger partial charge in [0.25, 0.3) is 0 Å². The van der Waals surface area contributed by atoms with Crippen LogP contribution < -0.4 is 0 Å². The van der Waals surface area contributed by atoms with Crippen LogP contribution in [0.2, 0.25) is 0 Å². The maximum atomic E-state index is 8.91. The van der Waals surface area contributed by atoms with Crippen molar-refractivity contribution in [1.29, 1.82) is 0 Å². The van der Waals surface area contributed by atoms with Gasteiger partial charge in [0, 0.05) is 11.8 Å². The van der Waals surface area contributed by atoms with E-state index in [0.717, 1.165) is 11.8 Å². The first-order valence-electron chi connectivity index (χ1n) is 5.40. The van der Waals surface area contributed by atoms with Gasteiger partial charge in [-0.05, 0) is 65.2 Å². The molecule has 2 aliphatic carbocycles. The number of hydrogen-bond acceptors (Lipinski definition) is 2. The van der Waals surface area contributed by atoms with Crippen molar-refractivity contribution in [3.05, 3.63) is 63.2 Å². The quantitative estimate of drug-likeness (QED) is 0.750. The van der Waals surface area contributed by atoms with E-state index < -0.39 is 0 Å². The van der Waals surface area contributed by atoms with E-state index in [9.17, 15) is 0 Å². The van der Waals surface area contributed by atoms with E-state index in [1.807, 2.05) is 51.4 Å². The van der Waals surface area contributed by atoms with Crippen LogP contribution in [0.25, 0.3) is 0 Å². The standard InChI is InChI=1S/2C7H9O.Fe/c2*1-6(8)7-4-2-3-5-7;/h2*2-6,8H,1H3;/q;;+2. The molecule has 0 aromatic rings. The fourth-order valence-corrected chi connectivity index (χ4v) is 1.33. The molecule has 2 rings (SSSR count). The van der Waals surface area contributed by atoms with Crippen LogP contribution in [0.15, 0.2) is 0 Å². The van der Waals surface area contributed by atoms with Crippen molar-refractivity contribution in [2.24, 2.45) is 0 Å². The Labute approximate surface area is 117 Å². The number of aliphatic hydroxyl groups excluding tert-OH is 2. The van der Waals surface area contributed by atoms with Gasteiger partial charge in [0.15, 0.2) is 0 Å². The minimum atomic E-state index is -0.315. The Balaban J connectivity index is 0.000000284. The van der Waals surface area contributed by atoms with Crippen molar-refractivity contribution < 1.29 is 27.3 Å². The predicted octanol–water partition coefficient (Wildman–Crippen LogP) is 1.54. The summed E-state index contributed by atoms with van der Waals surface area (Å²) in [7, 11) is 0. The van der Waals surface area contributed by atoms with Gasteiger partial charge in [-0.15, -0.1) is 0 Å². The molecule has 3 heteroatoms. The summed E-state index contributed by atoms with van der Waals surface area (Å²) in [6.45, 7) is 3.52. The normalized spacial score (nSPS) is 24.7. The van der Waals surface area contributed by atoms with Gasteiger partial charge in [0.1, 0.15) is 0 Å². The van der Waals surface area contributed by atoms with Gasteiger partial charge < -0.3 is 10.2 Å². The van der Waals surface area contributed by atoms with E-state index in [2.05, 4.69) is 0 Å². The molecule has 0 aliphatic heterocycles. The molecular weight excluding hydrogens is 256 g/mol. The third-order valence-electron chi connectivity index (χ3n) is 2.34. The number of aliphatic hydroxyl groups is 2. The van der Waals surface area contributed by atoms with Gasteiger partial charge in [0.05, 0.1) is 12.2 Å². The summed E-state index contributed by atoms with van der Waals surface area (Å²) in [5, 5.41) is 17.8. The summed E-state index contributed by atoms with van der Waals surface area (Å²) < 4.78 is 0. The molecule has 2 N–H and O–H groups in total. The van der Waals surface area contributed by atoms with Crippen molar-refractivity contribution in [1.82, 2.24) is 0 Å². The zero-order valence-corrected chi connectivity index (χ0v) is 11.1. The summed E-state index contributed by atoms with van der Waals surface area (Å²) in [6, 6.07) is 0. The topological polar surface area (TPSA) is 40.5 Å². The molecule has 2 saturated carbocycles. The molecule has 2 atom stereocenters. The Bertz CT molecular complexity index is 151. The predicted molar refractivity (Wildman–Crippen MR) is 64.2 cm³/mol. The maximum Gasteiger partial charge on any atom is 2.00 e. The SMILES string of the molecule is CC(O)[C]1[CH][CH][CH][CH]1.CC(O)[C]1[CH][CH][CH][CH]1.[Fe+2]. The summed E-state index contributed by atoms with van der Waals surface area (Å²) in [4.78, 5) is 0. The van der Waals surface area contributed by atoms with Gasteiger partial charge in [-0.25, -0.2) is 0 Å². The van der Waals surface area contributed by atoms with Crippen molar-refractivity contribution in [3.63, 3.8) is 0 Å². The fourth-order valence-electron chi connectivity index (χ4n) is 1.33. The van der Waals surface area contributed by atoms with Crippen LogP contribution in [0, 0.1) is 63.2 Å². The van der Waals surface area contributed by atoms with Gasteiger partial charge in [0.2, 0.25) is 0 Å². The molecule has 0 bridgehead atoms. The van der Waals surface area contributed by atoms with Crippen LogP contribution in [0.4, 0.5) is 0 Å². The molecule has 2 nitrogen and oxygen atoms in total. The summed E-state index contributed by atoms with van der Waals surface area (Å²) in [6.07, 6.45) is 14.7. The Morgan fingerprint density at radius 3 is 1.06 bits per heavy atom. The van der Waals surface area contributed by atoms with Crippen LogP contribution >= 0.6 is 0 Å². The van der Waals surface area contributed by atoms with Crippen LogP contribution in [-0.4, -0.2) is 22.4 Å². The first-order valence-corrected chi connectivity index (χ1v) is 5.40. The molecule has 0 heterocycles. The third kappa shape index (κ3) is 6.81. The van der Waals surface area contributed by atoms with Crippen molar-refractivity contribution in [2.45, 2.75) is 26.1 Å². The van der Waals surface area contributed by atoms with Gasteiger partial charge in [-0.3, -0.25) is 0 Å². The molecule has 92 valence electrons. The summed E-state index contributed by atoms with van der Waals surface area (Å²) in [5.41, 5.74) is 0. The van der Waals surface area contributed by atoms with Gasteiger partial charge >= 0.3 is 17.1 Å². The van der Waals surface area contributed by atoms with E-state index in [0.29, 0.717) is 0 Å². The fraction of sp³-hybridized carbons (Fsp3) is 0.286. The Kier molecular flexibility index (Phi) is 9.62. The molecule has 2 unspecified atom stereocenters. The van der Waals surface area contributed by atoms with E-state index in [1.54, 1.807) is 13.8 Å². The molecule has 10 radical (unpaired) electrons. The monoisotopic (exact) mass is 274 g/mol. The summed E-state index contributed by atoms with van der Waals surface area (Å²) in [5.74, 6) is 1.98. The smallest absolute Gasteiger partial charge is 0.393 e. The molecule has 0 aromatic heterocycles. The number of hydrogen-bond donors (Lipinski definition) is 2. The largest absolute Gasteiger partial charge is 2.00 e. The number of rotatable bonds is 2. The molecule has 0 aromatic carbocycles. The molecule has 0 saturated heterocycles. The first kappa shape index (κ1) is 17.4. The zero-order valence-electron chi connectivity index (χ0n) is 10.0. The van der Waals surface area contributed by atoms with Crippen molar-refractivity contribution in [2.75, 3.05) is 0 Å². The minimum absolute atomic E-state index is 0. The van der Waals surface area contributed by atoms with E-state index >= 15 is 0 Å². The van der Waals surface area contributed by atoms with E-state index in [4.69, 9.17) is 10.2 Å². The van der Waals surface area contributed by atoms with Crippen LogP contribution in [0.1, 0.15) is 13.8 Å². The molecule has 0 amide bonds. The second kappa shape index (κ2) is 9.38. The average molecular weight is 274 g/mol. The Hall–Kier alpha value is 0.439. The van der Waals surface area contributed by atoms with E-state index in [1.165, 1.54) is 0 Å². The molecule has 0 spiro atoms. The third-order valence-corrected chi connectivity index (χ3v) is 2.34. The molecule has 17 heavy (non-hydrogen) atoms. The Morgan fingerprint density at radius 2 is 0.941 bits per heavy atom. The van der Waals surface area contributed by atoms with Crippen LogP contribution in [0.3, 0.4) is 0 Å². The van der Waals surface area contributed by atoms with Crippen molar-refractivity contribution >= 4 is 0 Å². The molecular formula is C14H18FeO2+2. The van der Waals surface area contributed by atoms with Gasteiger partial charge in [-0.1, -0.05) is 0 Å². The Morgan fingerprint density at radius 1 is 0.706 bits per heavy atom. The molecule has 2 fully saturated rings. The summed E-state index contributed by atoms with van der Waals surface area (Å²) >= 11 is 0. The second-order valence-corrected chi connectivity index (χ2v) is 3.79. The zero-order chi connectivity index (χ0) is 12.0. The van der Waals surface area contributed by atoms with Crippen molar-refractivity contribution in [3.8, 4) is 0 Å². The van der Waals surface area contributed by atoms with Crippen LogP contribution in [0.5, 0.6) is 0 Å². The first-order chi connectivity index (χ1) is 7.61. The minimum Gasteiger partial charge on any atom is -0.393 e. The van der Waals surface area contributed by atoms with Gasteiger partial charge in [-0.2, -0.15) is 0 Å². The molecule has 2 aliphatic rings. The second-order valence-electron chi connectivity index (χ2n) is 3.79. The van der Waals surface area contributed by atoms with E-state index in [-0.39, 0.29) is 29.3 Å². The average Bonchev–Trinajstić information content (AvgIpc) is 2.93. The maximum absolute atomic E-state index is 8.91. The van der Waals surface area contributed by atoms with Crippen LogP contribution in [-0.2, 0) is 17.1 Å².